The largest absolute Gasteiger partial charge is 0.456 e. The Bertz CT molecular complexity index is 4830. The zero-order valence-electron chi connectivity index (χ0n) is 68.9. The lowest BCUT2D eigenvalue weighted by Crippen LogP contribution is -2.82. The van der Waals surface area contributed by atoms with Gasteiger partial charge >= 0.3 is 47.9 Å². The molecule has 2 saturated heterocycles. The summed E-state index contributed by atoms with van der Waals surface area (Å²) in [6.07, 6.45) is -21.9. The molecular formula is C90H104N2O28. The van der Waals surface area contributed by atoms with Crippen molar-refractivity contribution in [1.82, 2.24) is 10.6 Å². The fraction of sp³-hybridized carbons (Fsp3) is 0.500. The molecule has 6 aliphatic carbocycles. The molecule has 2 aliphatic heterocycles. The highest BCUT2D eigenvalue weighted by Gasteiger charge is 2.81. The Balaban J connectivity index is 0.000000221. The number of carbonyl (C=O) groups excluding carboxylic acids is 11. The summed E-state index contributed by atoms with van der Waals surface area (Å²) >= 11 is 0. The van der Waals surface area contributed by atoms with Crippen molar-refractivity contribution in [1.29, 1.82) is 0 Å². The number of esters is 7. The monoisotopic (exact) mass is 1660 g/mol. The van der Waals surface area contributed by atoms with Crippen molar-refractivity contribution in [2.75, 3.05) is 19.8 Å². The van der Waals surface area contributed by atoms with Crippen LogP contribution in [0.15, 0.2) is 174 Å². The Kier molecular flexibility index (Phi) is 25.1. The maximum absolute atomic E-state index is 15.5. The summed E-state index contributed by atoms with van der Waals surface area (Å²) < 4.78 is 59.6. The third kappa shape index (κ3) is 15.5. The highest BCUT2D eigenvalue weighted by molar-refractivity contribution is 5.97. The van der Waals surface area contributed by atoms with E-state index in [0.29, 0.717) is 11.1 Å². The van der Waals surface area contributed by atoms with Crippen LogP contribution in [-0.2, 0) is 80.9 Å². The minimum absolute atomic E-state index is 0.000264. The first-order chi connectivity index (χ1) is 56.5. The number of alkyl carbamates (subject to hydrolysis) is 1. The molecule has 30 heteroatoms. The second kappa shape index (κ2) is 33.9. The first-order valence-corrected chi connectivity index (χ1v) is 40.0. The minimum Gasteiger partial charge on any atom is -0.456 e. The molecule has 0 radical (unpaired) electrons. The summed E-state index contributed by atoms with van der Waals surface area (Å²) in [6.45, 7) is 18.6. The number of benzene rings is 5. The standard InChI is InChI=1S/C47H51NO14.C43H53NO14/c1-25-31(60-43(56)36(52)35(28-16-10-7-11-17-28)48-41(54)29-18-12-8-13-19-29)23-47(57)40(61-42(55)30-20-14-9-15-21-30)38-45(6,32(51)22-33-46(38,24-58-33)62-27(3)50)39(53)37(59-26(2)49)34(25)44(47,4)5;1-22(2)20-54-39(52)44-31(25-14-10-8-11-15-25)33(48)38(51)56-27-19-43(53)36(57-37(50)26-16-12-9-13-17-26)34-41(7,35(49)32(47)30(23(27)3)40(43,5)6)28(46)18-29-42(34,21-55-29)58-24(4)45/h7-21,31-33,35-38,40,51-52,57H,22-24H2,1-6H3,(H,48,54);8-17,22,27-29,31-34,36,46-48,53H,18-21H2,1-7H3,(H,44,52)/t31?,32-,33+,35?,36+,37+,38-,40-,45+,46-,47+;27?,28-,29+,31-,32+,33+,34-,36-,41+,42-,43+/m00/s1. The lowest BCUT2D eigenvalue weighted by Gasteiger charge is -2.67. The number of ether oxygens (including phenoxy) is 10. The predicted octanol–water partition coefficient (Wildman–Crippen LogP) is 6.85. The van der Waals surface area contributed by atoms with Gasteiger partial charge < -0.3 is 93.7 Å². The maximum atomic E-state index is 15.5. The second-order valence-electron chi connectivity index (χ2n) is 34.4. The lowest BCUT2D eigenvalue weighted by atomic mass is 9.44. The number of fused-ring (bicyclic) bond motifs is 10. The molecule has 22 atom stereocenters. The molecule has 4 bridgehead atoms. The van der Waals surface area contributed by atoms with E-state index in [-0.39, 0.29) is 77.6 Å². The minimum atomic E-state index is -2.39. The van der Waals surface area contributed by atoms with Gasteiger partial charge in [0.05, 0.1) is 77.9 Å². The molecule has 30 nitrogen and oxygen atoms in total. The van der Waals surface area contributed by atoms with Crippen molar-refractivity contribution in [3.63, 3.8) is 0 Å². The van der Waals surface area contributed by atoms with Crippen LogP contribution in [0.2, 0.25) is 0 Å². The van der Waals surface area contributed by atoms with Crippen LogP contribution in [0.4, 0.5) is 4.79 Å². The van der Waals surface area contributed by atoms with E-state index in [2.05, 4.69) is 10.6 Å². The van der Waals surface area contributed by atoms with Crippen LogP contribution in [0.5, 0.6) is 0 Å². The van der Waals surface area contributed by atoms with Crippen LogP contribution in [0, 0.1) is 39.4 Å². The number of hydrogen-bond acceptors (Lipinski definition) is 28. The molecule has 8 aliphatic rings. The van der Waals surface area contributed by atoms with E-state index in [0.717, 1.165) is 20.8 Å². The number of amides is 2. The smallest absolute Gasteiger partial charge is 0.407 e. The van der Waals surface area contributed by atoms with Gasteiger partial charge in [-0.25, -0.2) is 24.0 Å². The molecule has 5 aromatic carbocycles. The van der Waals surface area contributed by atoms with Gasteiger partial charge in [-0.3, -0.25) is 28.8 Å². The average Bonchev–Trinajstić information content (AvgIpc) is 0.673. The van der Waals surface area contributed by atoms with E-state index in [1.54, 1.807) is 155 Å². The molecular weight excluding hydrogens is 1560 g/mol. The van der Waals surface area contributed by atoms with Crippen LogP contribution in [0.3, 0.4) is 0 Å². The van der Waals surface area contributed by atoms with Crippen molar-refractivity contribution < 1.29 is 136 Å². The van der Waals surface area contributed by atoms with Crippen LogP contribution in [-0.4, -0.2) is 217 Å². The highest BCUT2D eigenvalue weighted by Crippen LogP contribution is 2.67. The topological polar surface area (TPSA) is 446 Å². The molecule has 642 valence electrons. The number of nitrogens with one attached hydrogen (secondary N) is 2. The Morgan fingerprint density at radius 3 is 1.23 bits per heavy atom. The zero-order valence-corrected chi connectivity index (χ0v) is 68.9. The van der Waals surface area contributed by atoms with Crippen molar-refractivity contribution in [3.8, 4) is 0 Å². The SMILES string of the molecule is CC(=O)O[C@@]12CO[C@@H]1C[C@H](O)[C@@]1(C)C(=O)[C@H](O)C3=C(C)C(OC(=O)[C@H](O)[C@@H](NC(=O)OCC(C)C)c4ccccc4)C[C@@](O)([C@@H](OC(=O)c4ccccc4)[C@H]21)C3(C)C.CC(=O)O[C@H]1C(=O)[C@@]2(C)[C@H]([C@H](OC(=O)c3ccccc3)[C@]3(O)CC(OC(=O)[C@H](O)C(NC(=O)c4ccccc4)c4ccccc4)C(C)=C1C3(C)C)[C@]1(OC(C)=O)CO[C@@H]1C[C@@H]2O. The van der Waals surface area contributed by atoms with E-state index < -0.39 is 219 Å². The van der Waals surface area contributed by atoms with Gasteiger partial charge in [-0.15, -0.1) is 0 Å². The number of carbonyl (C=O) groups is 11. The highest BCUT2D eigenvalue weighted by atomic mass is 16.7. The van der Waals surface area contributed by atoms with Crippen LogP contribution >= 0.6 is 0 Å². The van der Waals surface area contributed by atoms with Crippen molar-refractivity contribution in [2.45, 2.75) is 223 Å². The molecule has 9 N–H and O–H groups in total. The van der Waals surface area contributed by atoms with E-state index in [4.69, 9.17) is 47.4 Å². The molecule has 3 unspecified atom stereocenters. The maximum Gasteiger partial charge on any atom is 0.407 e. The molecule has 0 spiro atoms. The van der Waals surface area contributed by atoms with E-state index in [9.17, 15) is 83.7 Å². The molecule has 4 saturated carbocycles. The Morgan fingerprint density at radius 1 is 0.483 bits per heavy atom. The lowest BCUT2D eigenvalue weighted by molar-refractivity contribution is -0.346. The first-order valence-electron chi connectivity index (χ1n) is 40.0. The van der Waals surface area contributed by atoms with Crippen molar-refractivity contribution in [3.05, 3.63) is 202 Å². The van der Waals surface area contributed by atoms with Gasteiger partial charge in [0.15, 0.2) is 41.1 Å². The molecule has 6 fully saturated rings. The molecule has 0 aromatic heterocycles. The first kappa shape index (κ1) is 88.9. The van der Waals surface area contributed by atoms with Crippen molar-refractivity contribution in [2.24, 2.45) is 39.4 Å². The predicted molar refractivity (Wildman–Crippen MR) is 421 cm³/mol. The fourth-order valence-corrected chi connectivity index (χ4v) is 19.7. The number of Topliss-reactive ketones (excluding diaryl/α,β-unsaturated/α-hetero) is 2. The van der Waals surface area contributed by atoms with Gasteiger partial charge in [-0.2, -0.15) is 0 Å². The quantitative estimate of drug-likeness (QED) is 0.0218. The number of rotatable bonds is 20. The van der Waals surface area contributed by atoms with Gasteiger partial charge in [-0.05, 0) is 103 Å². The molecule has 2 heterocycles. The number of ketones is 2. The van der Waals surface area contributed by atoms with Crippen molar-refractivity contribution >= 4 is 65.4 Å². The van der Waals surface area contributed by atoms with Gasteiger partial charge in [0.2, 0.25) is 0 Å². The molecule has 120 heavy (non-hydrogen) atoms. The average molecular weight is 1660 g/mol. The van der Waals surface area contributed by atoms with E-state index in [1.165, 1.54) is 52.0 Å². The van der Waals surface area contributed by atoms with Gasteiger partial charge in [0.1, 0.15) is 53.9 Å². The Hall–Kier alpha value is -10.4. The van der Waals surface area contributed by atoms with Crippen LogP contribution < -0.4 is 10.6 Å². The number of hydrogen-bond donors (Lipinski definition) is 9. The summed E-state index contributed by atoms with van der Waals surface area (Å²) in [4.78, 5) is 152. The molecule has 5 aromatic rings. The summed E-state index contributed by atoms with van der Waals surface area (Å²) in [5.41, 5.74) is -14.2. The summed E-state index contributed by atoms with van der Waals surface area (Å²) in [7, 11) is 0. The zero-order chi connectivity index (χ0) is 87.5. The summed E-state index contributed by atoms with van der Waals surface area (Å²) in [5.74, 6) is -12.2. The fourth-order valence-electron chi connectivity index (χ4n) is 19.7. The van der Waals surface area contributed by atoms with E-state index >= 15 is 4.79 Å². The third-order valence-corrected chi connectivity index (χ3v) is 26.2. The third-order valence-electron chi connectivity index (χ3n) is 26.2. The van der Waals surface area contributed by atoms with Crippen LogP contribution in [0.25, 0.3) is 0 Å². The molecule has 2 amide bonds. The van der Waals surface area contributed by atoms with Gasteiger partial charge in [0, 0.05) is 62.8 Å². The molecule has 13 rings (SSSR count). The van der Waals surface area contributed by atoms with Gasteiger partial charge in [-0.1, -0.05) is 157 Å². The van der Waals surface area contributed by atoms with E-state index in [1.807, 2.05) is 13.8 Å². The number of aliphatic hydroxyl groups is 7. The Morgan fingerprint density at radius 2 is 0.850 bits per heavy atom. The number of aliphatic hydroxyl groups excluding tert-OH is 5. The van der Waals surface area contributed by atoms with Gasteiger partial charge in [0.25, 0.3) is 5.91 Å². The summed E-state index contributed by atoms with van der Waals surface area (Å²) in [5, 5.41) is 91.8. The normalized spacial score (nSPS) is 32.6. The van der Waals surface area contributed by atoms with Crippen LogP contribution in [0.1, 0.15) is 170 Å². The second-order valence-corrected chi connectivity index (χ2v) is 34.4. The Labute approximate surface area is 693 Å². The summed E-state index contributed by atoms with van der Waals surface area (Å²) in [6, 6.07) is 37.6.